The lowest BCUT2D eigenvalue weighted by atomic mass is 9.95. The highest BCUT2D eigenvalue weighted by Gasteiger charge is 2.40. The van der Waals surface area contributed by atoms with Crippen LogP contribution in [0.3, 0.4) is 0 Å². The fourth-order valence-corrected chi connectivity index (χ4v) is 6.72. The average Bonchev–Trinajstić information content (AvgIpc) is 3.25. The lowest BCUT2D eigenvalue weighted by Crippen LogP contribution is -2.50. The zero-order chi connectivity index (χ0) is 20.6. The Morgan fingerprint density at radius 3 is 2.59 bits per heavy atom. The molecule has 1 atom stereocenters. The summed E-state index contributed by atoms with van der Waals surface area (Å²) in [6.07, 6.45) is 0.329. The van der Waals surface area contributed by atoms with Crippen molar-refractivity contribution in [1.82, 2.24) is 4.31 Å². The first-order chi connectivity index (χ1) is 13.9. The van der Waals surface area contributed by atoms with Crippen LogP contribution in [-0.2, 0) is 27.8 Å². The van der Waals surface area contributed by atoms with Gasteiger partial charge >= 0.3 is 0 Å². The van der Waals surface area contributed by atoms with Crippen molar-refractivity contribution in [3.63, 3.8) is 0 Å². The summed E-state index contributed by atoms with van der Waals surface area (Å²) in [6.45, 7) is 2.13. The molecule has 1 amide bonds. The highest BCUT2D eigenvalue weighted by atomic mass is 79.9. The summed E-state index contributed by atoms with van der Waals surface area (Å²) in [4.78, 5) is 13.2. The van der Waals surface area contributed by atoms with Gasteiger partial charge in [0.1, 0.15) is 10.3 Å². The van der Waals surface area contributed by atoms with Gasteiger partial charge in [-0.1, -0.05) is 36.4 Å². The number of hydrogen-bond acceptors (Lipinski definition) is 4. The SMILES string of the molecule is Cc1ccc(NC(=O)[C@@H]2Cc3ccccc3CN2S(=O)(=O)c2cccs2)c(Br)c1. The molecule has 0 saturated heterocycles. The Balaban J connectivity index is 1.71. The molecule has 0 fully saturated rings. The molecule has 150 valence electrons. The Hall–Kier alpha value is -2.00. The number of aryl methyl sites for hydroxylation is 1. The van der Waals surface area contributed by atoms with Crippen molar-refractivity contribution in [3.8, 4) is 0 Å². The van der Waals surface area contributed by atoms with Gasteiger partial charge in [0.05, 0.1) is 5.69 Å². The number of sulfonamides is 1. The number of benzene rings is 2. The molecule has 1 aliphatic heterocycles. The van der Waals surface area contributed by atoms with Crippen LogP contribution >= 0.6 is 27.3 Å². The molecular formula is C21H19BrN2O3S2. The van der Waals surface area contributed by atoms with Gasteiger partial charge in [-0.15, -0.1) is 11.3 Å². The highest BCUT2D eigenvalue weighted by molar-refractivity contribution is 9.10. The van der Waals surface area contributed by atoms with Crippen LogP contribution in [0.15, 0.2) is 68.7 Å². The molecule has 0 unspecified atom stereocenters. The summed E-state index contributed by atoms with van der Waals surface area (Å²) < 4.78 is 28.9. The molecule has 0 saturated carbocycles. The van der Waals surface area contributed by atoms with E-state index in [1.807, 2.05) is 49.4 Å². The fourth-order valence-electron chi connectivity index (χ4n) is 3.44. The first-order valence-electron chi connectivity index (χ1n) is 9.05. The average molecular weight is 491 g/mol. The quantitative estimate of drug-likeness (QED) is 0.582. The molecule has 1 N–H and O–H groups in total. The summed E-state index contributed by atoms with van der Waals surface area (Å²) in [6, 6.07) is 15.7. The molecular weight excluding hydrogens is 472 g/mol. The number of anilines is 1. The third-order valence-electron chi connectivity index (χ3n) is 4.95. The van der Waals surface area contributed by atoms with E-state index < -0.39 is 16.1 Å². The molecule has 5 nitrogen and oxygen atoms in total. The molecule has 4 rings (SSSR count). The summed E-state index contributed by atoms with van der Waals surface area (Å²) in [5, 5.41) is 4.62. The lowest BCUT2D eigenvalue weighted by molar-refractivity contribution is -0.120. The van der Waals surface area contributed by atoms with E-state index in [9.17, 15) is 13.2 Å². The minimum atomic E-state index is -3.79. The Morgan fingerprint density at radius 1 is 1.14 bits per heavy atom. The Morgan fingerprint density at radius 2 is 1.90 bits per heavy atom. The third-order valence-corrected chi connectivity index (χ3v) is 8.83. The van der Waals surface area contributed by atoms with E-state index >= 15 is 0 Å². The van der Waals surface area contributed by atoms with Crippen LogP contribution in [0.2, 0.25) is 0 Å². The van der Waals surface area contributed by atoms with Crippen molar-refractivity contribution >= 4 is 48.9 Å². The maximum Gasteiger partial charge on any atom is 0.253 e. The van der Waals surface area contributed by atoms with Crippen LogP contribution in [0.25, 0.3) is 0 Å². The van der Waals surface area contributed by atoms with Crippen LogP contribution in [-0.4, -0.2) is 24.7 Å². The molecule has 1 aliphatic rings. The normalized spacial score (nSPS) is 17.0. The van der Waals surface area contributed by atoms with E-state index in [2.05, 4.69) is 21.2 Å². The smallest absolute Gasteiger partial charge is 0.253 e. The van der Waals surface area contributed by atoms with Gasteiger partial charge < -0.3 is 5.32 Å². The number of thiophene rings is 1. The first-order valence-corrected chi connectivity index (χ1v) is 12.2. The van der Waals surface area contributed by atoms with Crippen molar-refractivity contribution in [2.24, 2.45) is 0 Å². The predicted octanol–water partition coefficient (Wildman–Crippen LogP) is 4.57. The second-order valence-electron chi connectivity index (χ2n) is 6.94. The molecule has 1 aromatic heterocycles. The molecule has 0 aliphatic carbocycles. The topological polar surface area (TPSA) is 66.5 Å². The Bertz CT molecular complexity index is 1160. The number of carbonyl (C=O) groups excluding carboxylic acids is 1. The molecule has 2 heterocycles. The zero-order valence-corrected chi connectivity index (χ0v) is 18.9. The number of carbonyl (C=O) groups is 1. The molecule has 2 aromatic carbocycles. The van der Waals surface area contributed by atoms with Gasteiger partial charge in [0.25, 0.3) is 10.0 Å². The van der Waals surface area contributed by atoms with E-state index in [0.29, 0.717) is 12.1 Å². The largest absolute Gasteiger partial charge is 0.324 e. The number of nitrogens with zero attached hydrogens (tertiary/aromatic N) is 1. The summed E-state index contributed by atoms with van der Waals surface area (Å²) in [7, 11) is -3.79. The van der Waals surface area contributed by atoms with E-state index in [4.69, 9.17) is 0 Å². The van der Waals surface area contributed by atoms with Gasteiger partial charge in [0.2, 0.25) is 5.91 Å². The molecule has 29 heavy (non-hydrogen) atoms. The predicted molar refractivity (Wildman–Crippen MR) is 118 cm³/mol. The van der Waals surface area contributed by atoms with E-state index in [1.54, 1.807) is 17.5 Å². The number of amides is 1. The molecule has 8 heteroatoms. The fraction of sp³-hybridized carbons (Fsp3) is 0.190. The number of fused-ring (bicyclic) bond motifs is 1. The van der Waals surface area contributed by atoms with Crippen LogP contribution in [0.5, 0.6) is 0 Å². The standard InChI is InChI=1S/C21H19BrN2O3S2/c1-14-8-9-18(17(22)11-14)23-21(25)19-12-15-5-2-3-6-16(15)13-24(19)29(26,27)20-7-4-10-28-20/h2-11,19H,12-13H2,1H3,(H,23,25)/t19-/m0/s1. The van der Waals surface area contributed by atoms with Gasteiger partial charge in [-0.25, -0.2) is 8.42 Å². The molecule has 0 spiro atoms. The maximum absolute atomic E-state index is 13.3. The van der Waals surface area contributed by atoms with Crippen molar-refractivity contribution in [1.29, 1.82) is 0 Å². The second kappa shape index (κ2) is 8.02. The number of halogens is 1. The minimum absolute atomic E-state index is 0.170. The number of hydrogen-bond donors (Lipinski definition) is 1. The third kappa shape index (κ3) is 4.02. The van der Waals surface area contributed by atoms with Crippen LogP contribution in [0, 0.1) is 6.92 Å². The second-order valence-corrected chi connectivity index (χ2v) is 10.9. The maximum atomic E-state index is 13.3. The minimum Gasteiger partial charge on any atom is -0.324 e. The molecule has 0 bridgehead atoms. The first kappa shape index (κ1) is 20.3. The summed E-state index contributed by atoms with van der Waals surface area (Å²) in [5.74, 6) is -0.343. The van der Waals surface area contributed by atoms with E-state index in [1.165, 1.54) is 4.31 Å². The van der Waals surface area contributed by atoms with Crippen molar-refractivity contribution in [2.75, 3.05) is 5.32 Å². The van der Waals surface area contributed by atoms with Crippen LogP contribution in [0.4, 0.5) is 5.69 Å². The Kier molecular flexibility index (Phi) is 5.61. The van der Waals surface area contributed by atoms with Gasteiger partial charge in [-0.05, 0) is 69.5 Å². The van der Waals surface area contributed by atoms with Crippen molar-refractivity contribution < 1.29 is 13.2 Å². The van der Waals surface area contributed by atoms with Gasteiger partial charge in [-0.3, -0.25) is 4.79 Å². The molecule has 0 radical (unpaired) electrons. The van der Waals surface area contributed by atoms with Crippen LogP contribution in [0.1, 0.15) is 16.7 Å². The molecule has 3 aromatic rings. The van der Waals surface area contributed by atoms with Crippen molar-refractivity contribution in [2.45, 2.75) is 30.1 Å². The van der Waals surface area contributed by atoms with E-state index in [-0.39, 0.29) is 16.7 Å². The summed E-state index contributed by atoms with van der Waals surface area (Å²) >= 11 is 4.62. The number of rotatable bonds is 4. The monoisotopic (exact) mass is 490 g/mol. The van der Waals surface area contributed by atoms with E-state index in [0.717, 1.165) is 32.5 Å². The van der Waals surface area contributed by atoms with Crippen molar-refractivity contribution in [3.05, 3.63) is 81.1 Å². The number of nitrogens with one attached hydrogen (secondary N) is 1. The summed E-state index contributed by atoms with van der Waals surface area (Å²) in [5.41, 5.74) is 3.60. The highest BCUT2D eigenvalue weighted by Crippen LogP contribution is 2.32. The van der Waals surface area contributed by atoms with Crippen LogP contribution < -0.4 is 5.32 Å². The lowest BCUT2D eigenvalue weighted by Gasteiger charge is -2.34. The van der Waals surface area contributed by atoms with Gasteiger partial charge in [-0.2, -0.15) is 4.31 Å². The van der Waals surface area contributed by atoms with Gasteiger partial charge in [0.15, 0.2) is 0 Å². The Labute approximate surface area is 182 Å². The zero-order valence-electron chi connectivity index (χ0n) is 15.6. The van der Waals surface area contributed by atoms with Gasteiger partial charge in [0, 0.05) is 11.0 Å².